The Balaban J connectivity index is 2.46. The van der Waals surface area contributed by atoms with Gasteiger partial charge in [0.25, 0.3) is 0 Å². The minimum Gasteiger partial charge on any atom is -0.444 e. The van der Waals surface area contributed by atoms with Crippen molar-refractivity contribution in [3.8, 4) is 0 Å². The summed E-state index contributed by atoms with van der Waals surface area (Å²) in [6.45, 7) is 12.1. The van der Waals surface area contributed by atoms with E-state index in [2.05, 4.69) is 39.4 Å². The fourth-order valence-corrected chi connectivity index (χ4v) is 2.57. The van der Waals surface area contributed by atoms with Crippen LogP contribution in [0.2, 0.25) is 0 Å². The van der Waals surface area contributed by atoms with Crippen molar-refractivity contribution in [2.45, 2.75) is 59.2 Å². The summed E-state index contributed by atoms with van der Waals surface area (Å²) in [5.74, 6) is 1.14. The van der Waals surface area contributed by atoms with Crippen LogP contribution in [0.4, 0.5) is 4.79 Å². The number of carbonyl (C=O) groups excluding carboxylic acids is 1. The molecule has 1 atom stereocenters. The van der Waals surface area contributed by atoms with Gasteiger partial charge in [-0.25, -0.2) is 9.78 Å². The molecular weight excluding hydrogens is 344 g/mol. The monoisotopic (exact) mass is 380 g/mol. The molecule has 0 spiro atoms. The Kier molecular flexibility index (Phi) is 9.11. The number of carbonyl (C=O) groups is 1. The third kappa shape index (κ3) is 9.30. The lowest BCUT2D eigenvalue weighted by Crippen LogP contribution is -2.45. The van der Waals surface area contributed by atoms with E-state index in [0.29, 0.717) is 5.92 Å². The maximum atomic E-state index is 12.1. The van der Waals surface area contributed by atoms with Crippen molar-refractivity contribution in [1.82, 2.24) is 25.1 Å². The Morgan fingerprint density at radius 1 is 1.37 bits per heavy atom. The topological polar surface area (TPSA) is 83.8 Å². The maximum Gasteiger partial charge on any atom is 0.407 e. The second kappa shape index (κ2) is 10.8. The number of aliphatic imine (C=N–C) groups is 1. The zero-order valence-corrected chi connectivity index (χ0v) is 17.8. The number of alkyl carbamates (subject to hydrolysis) is 1. The van der Waals surface area contributed by atoms with Crippen molar-refractivity contribution < 1.29 is 9.53 Å². The largest absolute Gasteiger partial charge is 0.444 e. The van der Waals surface area contributed by atoms with Crippen LogP contribution < -0.4 is 10.6 Å². The Hall–Kier alpha value is -2.25. The van der Waals surface area contributed by atoms with E-state index in [-0.39, 0.29) is 12.1 Å². The van der Waals surface area contributed by atoms with Crippen LogP contribution in [-0.2, 0) is 11.3 Å². The Morgan fingerprint density at radius 2 is 2.07 bits per heavy atom. The number of hydrogen-bond donors (Lipinski definition) is 2. The van der Waals surface area contributed by atoms with Gasteiger partial charge in [-0.3, -0.25) is 4.99 Å². The van der Waals surface area contributed by atoms with Gasteiger partial charge >= 0.3 is 6.09 Å². The summed E-state index contributed by atoms with van der Waals surface area (Å²) < 4.78 is 7.39. The summed E-state index contributed by atoms with van der Waals surface area (Å²) in [6.07, 6.45) is 5.93. The highest BCUT2D eigenvalue weighted by Crippen LogP contribution is 2.11. The number of nitrogens with one attached hydrogen (secondary N) is 2. The number of imidazole rings is 1. The molecule has 0 saturated heterocycles. The van der Waals surface area contributed by atoms with Gasteiger partial charge in [0.15, 0.2) is 5.96 Å². The summed E-state index contributed by atoms with van der Waals surface area (Å²) >= 11 is 0. The summed E-state index contributed by atoms with van der Waals surface area (Å²) in [5, 5.41) is 6.34. The fourth-order valence-electron chi connectivity index (χ4n) is 2.57. The van der Waals surface area contributed by atoms with Crippen molar-refractivity contribution in [1.29, 1.82) is 0 Å². The van der Waals surface area contributed by atoms with E-state index in [1.54, 1.807) is 19.6 Å². The van der Waals surface area contributed by atoms with E-state index >= 15 is 0 Å². The van der Waals surface area contributed by atoms with Gasteiger partial charge in [0, 0.05) is 52.2 Å². The molecule has 27 heavy (non-hydrogen) atoms. The molecular formula is C19H36N6O2. The van der Waals surface area contributed by atoms with Crippen LogP contribution in [0.1, 0.15) is 41.0 Å². The fraction of sp³-hybridized carbons (Fsp3) is 0.737. The molecule has 0 saturated carbocycles. The predicted molar refractivity (Wildman–Crippen MR) is 109 cm³/mol. The number of hydrogen-bond acceptors (Lipinski definition) is 4. The van der Waals surface area contributed by atoms with Crippen LogP contribution in [0.3, 0.4) is 0 Å². The molecule has 1 aromatic rings. The highest BCUT2D eigenvalue weighted by Gasteiger charge is 2.22. The highest BCUT2D eigenvalue weighted by atomic mass is 16.6. The molecule has 1 amide bonds. The molecule has 0 bridgehead atoms. The van der Waals surface area contributed by atoms with Crippen LogP contribution in [0.25, 0.3) is 0 Å². The summed E-state index contributed by atoms with van der Waals surface area (Å²) in [7, 11) is 3.77. The van der Waals surface area contributed by atoms with Crippen molar-refractivity contribution in [2.75, 3.05) is 27.2 Å². The standard InChI is InChI=1S/C19H36N6O2/c1-15(2)16(23-18(26)27-19(3,4)5)8-11-24(7)17(20-6)22-10-13-25-12-9-21-14-25/h9,12,14-16H,8,10-11,13H2,1-7H3,(H,20,22)(H,23,26). The minimum absolute atomic E-state index is 0.0337. The first-order valence-electron chi connectivity index (χ1n) is 9.49. The lowest BCUT2D eigenvalue weighted by molar-refractivity contribution is 0.0486. The molecule has 1 aromatic heterocycles. The zero-order chi connectivity index (χ0) is 20.4. The number of rotatable bonds is 8. The van der Waals surface area contributed by atoms with E-state index in [4.69, 9.17) is 4.74 Å². The summed E-state index contributed by atoms with van der Waals surface area (Å²) in [6, 6.07) is 0.0337. The second-order valence-electron chi connectivity index (χ2n) is 7.98. The van der Waals surface area contributed by atoms with Gasteiger partial charge in [0.2, 0.25) is 0 Å². The van der Waals surface area contributed by atoms with Gasteiger partial charge in [0.05, 0.1) is 6.33 Å². The minimum atomic E-state index is -0.496. The van der Waals surface area contributed by atoms with Crippen molar-refractivity contribution in [2.24, 2.45) is 10.9 Å². The van der Waals surface area contributed by atoms with Crippen LogP contribution in [0, 0.1) is 5.92 Å². The Bertz CT molecular complexity index is 578. The lowest BCUT2D eigenvalue weighted by atomic mass is 10.0. The normalized spacial score (nSPS) is 13.4. The smallest absolute Gasteiger partial charge is 0.407 e. The number of guanidine groups is 1. The molecule has 154 valence electrons. The van der Waals surface area contributed by atoms with Crippen LogP contribution in [0.5, 0.6) is 0 Å². The van der Waals surface area contributed by atoms with Gasteiger partial charge in [-0.05, 0) is 33.1 Å². The molecule has 1 heterocycles. The van der Waals surface area contributed by atoms with Crippen LogP contribution in [0.15, 0.2) is 23.7 Å². The number of aromatic nitrogens is 2. The highest BCUT2D eigenvalue weighted by molar-refractivity contribution is 5.79. The van der Waals surface area contributed by atoms with Gasteiger partial charge < -0.3 is 24.8 Å². The molecule has 0 aliphatic rings. The molecule has 8 heteroatoms. The van der Waals surface area contributed by atoms with Crippen LogP contribution >= 0.6 is 0 Å². The first-order chi connectivity index (χ1) is 12.6. The number of ether oxygens (including phenoxy) is 1. The predicted octanol–water partition coefficient (Wildman–Crippen LogP) is 2.33. The molecule has 0 fully saturated rings. The SMILES string of the molecule is CN=C(NCCn1ccnc1)N(C)CCC(NC(=O)OC(C)(C)C)C(C)C. The molecule has 2 N–H and O–H groups in total. The molecule has 1 unspecified atom stereocenters. The number of amides is 1. The van der Waals surface area contributed by atoms with E-state index in [0.717, 1.165) is 32.0 Å². The lowest BCUT2D eigenvalue weighted by Gasteiger charge is -2.28. The van der Waals surface area contributed by atoms with Crippen molar-refractivity contribution in [3.05, 3.63) is 18.7 Å². The molecule has 0 aromatic carbocycles. The quantitative estimate of drug-likeness (QED) is 0.534. The summed E-state index contributed by atoms with van der Waals surface area (Å²) in [4.78, 5) is 22.5. The van der Waals surface area contributed by atoms with Gasteiger partial charge in [0.1, 0.15) is 5.60 Å². The average molecular weight is 381 g/mol. The maximum absolute atomic E-state index is 12.1. The van der Waals surface area contributed by atoms with Crippen LogP contribution in [-0.4, -0.2) is 65.3 Å². The van der Waals surface area contributed by atoms with E-state index in [9.17, 15) is 4.79 Å². The number of nitrogens with zero attached hydrogens (tertiary/aromatic N) is 4. The van der Waals surface area contributed by atoms with E-state index in [1.807, 2.05) is 38.6 Å². The molecule has 0 radical (unpaired) electrons. The average Bonchev–Trinajstić information content (AvgIpc) is 3.06. The third-order valence-corrected chi connectivity index (χ3v) is 4.07. The second-order valence-corrected chi connectivity index (χ2v) is 7.98. The Labute approximate surface area is 163 Å². The zero-order valence-electron chi connectivity index (χ0n) is 17.8. The van der Waals surface area contributed by atoms with Gasteiger partial charge in [-0.1, -0.05) is 13.8 Å². The third-order valence-electron chi connectivity index (χ3n) is 4.07. The van der Waals surface area contributed by atoms with E-state index < -0.39 is 5.60 Å². The van der Waals surface area contributed by atoms with Gasteiger partial charge in [-0.15, -0.1) is 0 Å². The Morgan fingerprint density at radius 3 is 2.59 bits per heavy atom. The molecule has 0 aliphatic carbocycles. The molecule has 8 nitrogen and oxygen atoms in total. The van der Waals surface area contributed by atoms with Crippen molar-refractivity contribution in [3.63, 3.8) is 0 Å². The molecule has 0 aliphatic heterocycles. The first kappa shape index (κ1) is 22.8. The summed E-state index contributed by atoms with van der Waals surface area (Å²) in [5.41, 5.74) is -0.496. The van der Waals surface area contributed by atoms with E-state index in [1.165, 1.54) is 0 Å². The molecule has 1 rings (SSSR count). The van der Waals surface area contributed by atoms with Gasteiger partial charge in [-0.2, -0.15) is 0 Å². The van der Waals surface area contributed by atoms with Crippen molar-refractivity contribution >= 4 is 12.1 Å². The first-order valence-corrected chi connectivity index (χ1v) is 9.49.